The molecular formula is C28H37N2O3+. The van der Waals surface area contributed by atoms with Gasteiger partial charge in [-0.25, -0.2) is 13.9 Å². The van der Waals surface area contributed by atoms with Gasteiger partial charge in [0.05, 0.1) is 7.05 Å². The summed E-state index contributed by atoms with van der Waals surface area (Å²) < 4.78 is 16.5. The fourth-order valence-electron chi connectivity index (χ4n) is 5.23. The van der Waals surface area contributed by atoms with Crippen LogP contribution in [0.3, 0.4) is 0 Å². The van der Waals surface area contributed by atoms with Gasteiger partial charge in [-0.1, -0.05) is 57.5 Å². The van der Waals surface area contributed by atoms with Crippen molar-refractivity contribution in [1.29, 1.82) is 0 Å². The molecule has 0 saturated heterocycles. The number of ether oxygens (including phenoxy) is 2. The van der Waals surface area contributed by atoms with Crippen molar-refractivity contribution in [2.45, 2.75) is 66.2 Å². The van der Waals surface area contributed by atoms with E-state index in [9.17, 15) is 4.79 Å². The summed E-state index contributed by atoms with van der Waals surface area (Å²) in [5.41, 5.74) is 3.17. The van der Waals surface area contributed by atoms with Crippen molar-refractivity contribution in [3.05, 3.63) is 59.9 Å². The van der Waals surface area contributed by atoms with Crippen molar-refractivity contribution in [3.63, 3.8) is 0 Å². The number of hydrogen-bond donors (Lipinski definition) is 0. The van der Waals surface area contributed by atoms with E-state index in [-0.39, 0.29) is 18.6 Å². The Kier molecular flexibility index (Phi) is 7.06. The van der Waals surface area contributed by atoms with Gasteiger partial charge in [-0.3, -0.25) is 0 Å². The average Bonchev–Trinajstić information content (AvgIpc) is 3.04. The van der Waals surface area contributed by atoms with Gasteiger partial charge in [0, 0.05) is 0 Å². The number of benzene rings is 2. The zero-order chi connectivity index (χ0) is 23.5. The van der Waals surface area contributed by atoms with Crippen LogP contribution in [0.1, 0.15) is 51.4 Å². The molecule has 176 valence electrons. The van der Waals surface area contributed by atoms with E-state index in [0.29, 0.717) is 24.4 Å². The molecule has 1 fully saturated rings. The molecule has 5 nitrogen and oxygen atoms in total. The van der Waals surface area contributed by atoms with Crippen LogP contribution in [0.4, 0.5) is 0 Å². The fraction of sp³-hybridized carbons (Fsp3) is 0.500. The average molecular weight is 450 g/mol. The van der Waals surface area contributed by atoms with Gasteiger partial charge in [0.2, 0.25) is 0 Å². The van der Waals surface area contributed by atoms with Crippen LogP contribution < -0.4 is 9.30 Å². The molecular weight excluding hydrogens is 412 g/mol. The number of carbonyl (C=O) groups is 1. The maximum atomic E-state index is 13.2. The Balaban J connectivity index is 1.58. The number of nitrogens with zero attached hydrogens (tertiary/aromatic N) is 2. The zero-order valence-corrected chi connectivity index (χ0v) is 20.6. The van der Waals surface area contributed by atoms with Crippen molar-refractivity contribution in [2.75, 3.05) is 0 Å². The van der Waals surface area contributed by atoms with Crippen LogP contribution in [0.25, 0.3) is 11.0 Å². The van der Waals surface area contributed by atoms with Gasteiger partial charge in [0.15, 0.2) is 24.2 Å². The monoisotopic (exact) mass is 449 g/mol. The molecule has 0 radical (unpaired) electrons. The van der Waals surface area contributed by atoms with E-state index >= 15 is 0 Å². The molecule has 0 N–H and O–H groups in total. The summed E-state index contributed by atoms with van der Waals surface area (Å²) in [4.78, 5) is 13.2. The topological polar surface area (TPSA) is 44.3 Å². The molecule has 5 heteroatoms. The lowest BCUT2D eigenvalue weighted by molar-refractivity contribution is -0.655. The Bertz CT molecular complexity index is 1120. The Labute approximate surface area is 197 Å². The summed E-state index contributed by atoms with van der Waals surface area (Å²) in [5.74, 6) is 3.17. The fourth-order valence-corrected chi connectivity index (χ4v) is 5.23. The van der Waals surface area contributed by atoms with Crippen LogP contribution in [0.2, 0.25) is 0 Å². The van der Waals surface area contributed by atoms with E-state index in [4.69, 9.17) is 9.47 Å². The van der Waals surface area contributed by atoms with E-state index in [1.54, 1.807) is 0 Å². The van der Waals surface area contributed by atoms with Crippen LogP contribution in [-0.4, -0.2) is 16.6 Å². The predicted octanol–water partition coefficient (Wildman–Crippen LogP) is 5.36. The van der Waals surface area contributed by atoms with E-state index in [1.165, 1.54) is 6.42 Å². The number of hydrogen-bond acceptors (Lipinski definition) is 3. The highest BCUT2D eigenvalue weighted by molar-refractivity contribution is 5.76. The summed E-state index contributed by atoms with van der Waals surface area (Å²) in [7, 11) is 2.03. The molecule has 3 atom stereocenters. The highest BCUT2D eigenvalue weighted by Gasteiger charge is 2.34. The van der Waals surface area contributed by atoms with Gasteiger partial charge >= 0.3 is 5.97 Å². The lowest BCUT2D eigenvalue weighted by Gasteiger charge is -2.36. The van der Waals surface area contributed by atoms with Crippen molar-refractivity contribution < 1.29 is 18.8 Å². The van der Waals surface area contributed by atoms with Gasteiger partial charge in [-0.15, -0.1) is 0 Å². The SMILES string of the molecule is Cc1ccccc1OCc1n(CC(=O)O[C@H]2C[C@@H](C)CC[C@@H]2C(C)C)c2ccccc2[n+]1C. The molecule has 4 rings (SSSR count). The number of para-hydroxylation sites is 3. The summed E-state index contributed by atoms with van der Waals surface area (Å²) in [6.45, 7) is 9.34. The lowest BCUT2D eigenvalue weighted by atomic mass is 9.75. The molecule has 1 aromatic heterocycles. The number of fused-ring (bicyclic) bond motifs is 1. The zero-order valence-electron chi connectivity index (χ0n) is 20.6. The summed E-state index contributed by atoms with van der Waals surface area (Å²) in [6, 6.07) is 16.2. The summed E-state index contributed by atoms with van der Waals surface area (Å²) in [6.07, 6.45) is 3.31. The number of aryl methyl sites for hydroxylation is 2. The first-order valence-corrected chi connectivity index (χ1v) is 12.2. The Morgan fingerprint density at radius 2 is 1.85 bits per heavy atom. The highest BCUT2D eigenvalue weighted by atomic mass is 16.5. The number of rotatable bonds is 7. The number of esters is 1. The quantitative estimate of drug-likeness (QED) is 0.360. The first-order chi connectivity index (χ1) is 15.8. The molecule has 1 saturated carbocycles. The third-order valence-electron chi connectivity index (χ3n) is 7.21. The second-order valence-corrected chi connectivity index (χ2v) is 9.96. The normalized spacial score (nSPS) is 20.8. The smallest absolute Gasteiger partial charge is 0.348 e. The molecule has 2 aromatic carbocycles. The molecule has 1 aliphatic carbocycles. The number of carbonyl (C=O) groups excluding carboxylic acids is 1. The molecule has 0 bridgehead atoms. The summed E-state index contributed by atoms with van der Waals surface area (Å²) in [5, 5.41) is 0. The largest absolute Gasteiger partial charge is 0.481 e. The van der Waals surface area contributed by atoms with Gasteiger partial charge in [-0.05, 0) is 61.3 Å². The van der Waals surface area contributed by atoms with E-state index in [1.807, 2.05) is 54.9 Å². The van der Waals surface area contributed by atoms with E-state index in [2.05, 4.69) is 37.5 Å². The van der Waals surface area contributed by atoms with Crippen LogP contribution in [-0.2, 0) is 29.7 Å². The second-order valence-electron chi connectivity index (χ2n) is 9.96. The highest BCUT2D eigenvalue weighted by Crippen LogP contribution is 2.35. The molecule has 1 aliphatic rings. The molecule has 0 spiro atoms. The van der Waals surface area contributed by atoms with Gasteiger partial charge < -0.3 is 9.47 Å². The minimum Gasteiger partial charge on any atom is -0.481 e. The Morgan fingerprint density at radius 1 is 1.12 bits per heavy atom. The predicted molar refractivity (Wildman–Crippen MR) is 130 cm³/mol. The van der Waals surface area contributed by atoms with Gasteiger partial charge in [-0.2, -0.15) is 0 Å². The molecule has 3 aromatic rings. The van der Waals surface area contributed by atoms with Crippen molar-refractivity contribution in [2.24, 2.45) is 24.8 Å². The van der Waals surface area contributed by atoms with Crippen molar-refractivity contribution >= 4 is 17.0 Å². The number of aromatic nitrogens is 2. The summed E-state index contributed by atoms with van der Waals surface area (Å²) >= 11 is 0. The van der Waals surface area contributed by atoms with E-state index in [0.717, 1.165) is 41.0 Å². The first kappa shape index (κ1) is 23.3. The van der Waals surface area contributed by atoms with Crippen LogP contribution in [0.5, 0.6) is 5.75 Å². The number of imidazole rings is 1. The second kappa shape index (κ2) is 9.98. The van der Waals surface area contributed by atoms with Crippen molar-refractivity contribution in [1.82, 2.24) is 4.57 Å². The van der Waals surface area contributed by atoms with E-state index < -0.39 is 0 Å². The third-order valence-corrected chi connectivity index (χ3v) is 7.21. The minimum absolute atomic E-state index is 0.00324. The third kappa shape index (κ3) is 5.07. The van der Waals surface area contributed by atoms with Crippen LogP contribution >= 0.6 is 0 Å². The first-order valence-electron chi connectivity index (χ1n) is 12.2. The van der Waals surface area contributed by atoms with Gasteiger partial charge in [0.25, 0.3) is 5.82 Å². The van der Waals surface area contributed by atoms with Crippen molar-refractivity contribution in [3.8, 4) is 5.75 Å². The maximum absolute atomic E-state index is 13.2. The Morgan fingerprint density at radius 3 is 2.61 bits per heavy atom. The maximum Gasteiger partial charge on any atom is 0.348 e. The molecule has 1 heterocycles. The molecule has 0 unspecified atom stereocenters. The lowest BCUT2D eigenvalue weighted by Crippen LogP contribution is -2.37. The molecule has 0 aliphatic heterocycles. The molecule has 33 heavy (non-hydrogen) atoms. The molecule has 0 amide bonds. The van der Waals surface area contributed by atoms with Crippen LogP contribution in [0.15, 0.2) is 48.5 Å². The minimum atomic E-state index is -0.168. The Hall–Kier alpha value is -2.82. The van der Waals surface area contributed by atoms with Crippen LogP contribution in [0, 0.1) is 24.7 Å². The standard InChI is InChI=1S/C28H37N2O3/c1-19(2)22-15-14-20(3)16-26(22)33-28(31)17-30-24-12-8-7-11-23(24)29(5)27(30)18-32-25-13-9-6-10-21(25)4/h6-13,19-20,22,26H,14-18H2,1-5H3/q+1/t20-,22+,26-/m0/s1. The van der Waals surface area contributed by atoms with Gasteiger partial charge in [0.1, 0.15) is 11.9 Å².